The number of carbonyl (C=O) groups is 3. The average Bonchev–Trinajstić information content (AvgIpc) is 0.777. The Hall–Kier alpha value is -3.05. The minimum atomic E-state index is -2.24. The number of aliphatic hydroxyl groups is 18. The second-order valence-corrected chi connectivity index (χ2v) is 30.7. The summed E-state index contributed by atoms with van der Waals surface area (Å²) in [7, 11) is 0. The molecule has 6 aliphatic rings. The van der Waals surface area contributed by atoms with Gasteiger partial charge in [0, 0.05) is 20.3 Å². The van der Waals surface area contributed by atoms with Gasteiger partial charge in [-0.3, -0.25) is 14.4 Å². The van der Waals surface area contributed by atoms with Gasteiger partial charge in [0.05, 0.1) is 58.4 Å². The Morgan fingerprint density at radius 2 is 0.714 bits per heavy atom. The number of hydrogen-bond donors (Lipinski definition) is 21. The molecule has 6 saturated heterocycles. The molecule has 3 amide bonds. The molecule has 36 nitrogen and oxygen atoms in total. The van der Waals surface area contributed by atoms with E-state index in [2.05, 4.69) is 29.8 Å². The Morgan fingerprint density at radius 3 is 1.18 bits per heavy atom. The van der Waals surface area contributed by atoms with E-state index < -0.39 is 254 Å². The molecule has 6 aliphatic heterocycles. The van der Waals surface area contributed by atoms with Crippen molar-refractivity contribution in [1.82, 2.24) is 16.0 Å². The van der Waals surface area contributed by atoms with Crippen LogP contribution in [-0.4, -0.2) is 352 Å². The van der Waals surface area contributed by atoms with Crippen molar-refractivity contribution in [2.24, 2.45) is 0 Å². The van der Waals surface area contributed by atoms with Crippen molar-refractivity contribution >= 4 is 17.7 Å². The lowest BCUT2D eigenvalue weighted by Crippen LogP contribution is -2.69. The molecule has 112 heavy (non-hydrogen) atoms. The van der Waals surface area contributed by atoms with Gasteiger partial charge in [0.1, 0.15) is 146 Å². The number of hydrogen-bond acceptors (Lipinski definition) is 33. The Labute approximate surface area is 656 Å². The summed E-state index contributed by atoms with van der Waals surface area (Å²) >= 11 is 0. The topological polar surface area (TPSA) is 562 Å². The molecule has 0 spiro atoms. The molecule has 0 aromatic rings. The molecule has 0 saturated carbocycles. The Morgan fingerprint density at radius 1 is 0.357 bits per heavy atom. The monoisotopic (exact) mass is 1620 g/mol. The molecule has 654 valence electrons. The number of unbranched alkanes of at least 4 members (excludes halogenated alkanes) is 25. The molecule has 0 aliphatic carbocycles. The highest BCUT2D eigenvalue weighted by Crippen LogP contribution is 2.37. The van der Waals surface area contributed by atoms with Crippen molar-refractivity contribution in [3.05, 3.63) is 12.2 Å². The van der Waals surface area contributed by atoms with E-state index in [1.807, 2.05) is 6.08 Å². The van der Waals surface area contributed by atoms with Crippen LogP contribution in [0.4, 0.5) is 0 Å². The van der Waals surface area contributed by atoms with E-state index in [-0.39, 0.29) is 12.3 Å². The molecule has 36 heteroatoms. The summed E-state index contributed by atoms with van der Waals surface area (Å²) in [6, 6.07) is -4.44. The van der Waals surface area contributed by atoms with Crippen LogP contribution in [0.1, 0.15) is 207 Å². The second kappa shape index (κ2) is 52.1. The van der Waals surface area contributed by atoms with E-state index in [0.717, 1.165) is 65.2 Å². The summed E-state index contributed by atoms with van der Waals surface area (Å²) in [5.41, 5.74) is 0. The Kier molecular flexibility index (Phi) is 45.5. The molecule has 6 fully saturated rings. The Balaban J connectivity index is 1.06. The molecule has 12 unspecified atom stereocenters. The van der Waals surface area contributed by atoms with E-state index in [9.17, 15) is 106 Å². The maximum Gasteiger partial charge on any atom is 0.220 e. The summed E-state index contributed by atoms with van der Waals surface area (Å²) in [6.07, 6.45) is -19.7. The lowest BCUT2D eigenvalue weighted by Gasteiger charge is -2.49. The fraction of sp³-hybridized carbons (Fsp3) is 0.934. The molecular formula is C76H137N3O33. The number of rotatable bonds is 52. The van der Waals surface area contributed by atoms with Crippen LogP contribution in [0.25, 0.3) is 0 Å². The number of amides is 3. The number of allylic oxidation sites excluding steroid dienone is 1. The highest BCUT2D eigenvalue weighted by Gasteiger charge is 2.58. The second-order valence-electron chi connectivity index (χ2n) is 30.7. The summed E-state index contributed by atoms with van der Waals surface area (Å²) in [5.74, 6) is -1.95. The quantitative estimate of drug-likeness (QED) is 0.0222. The van der Waals surface area contributed by atoms with Gasteiger partial charge in [0.15, 0.2) is 37.7 Å². The molecule has 32 atom stereocenters. The van der Waals surface area contributed by atoms with Crippen LogP contribution in [0.3, 0.4) is 0 Å². The minimum absolute atomic E-state index is 0.183. The van der Waals surface area contributed by atoms with Crippen molar-refractivity contribution in [2.45, 2.75) is 404 Å². The first kappa shape index (κ1) is 97.8. The number of carbonyl (C=O) groups excluding carboxylic acids is 3. The van der Waals surface area contributed by atoms with Crippen LogP contribution in [0.5, 0.6) is 0 Å². The first-order valence-corrected chi connectivity index (χ1v) is 41.0. The Bertz CT molecular complexity index is 2600. The average molecular weight is 1620 g/mol. The largest absolute Gasteiger partial charge is 0.394 e. The molecule has 0 aromatic heterocycles. The molecule has 6 rings (SSSR count). The summed E-state index contributed by atoms with van der Waals surface area (Å²) in [6.45, 7) is 0.424. The predicted octanol–water partition coefficient (Wildman–Crippen LogP) is -2.42. The maximum atomic E-state index is 13.5. The smallest absolute Gasteiger partial charge is 0.220 e. The van der Waals surface area contributed by atoms with Crippen molar-refractivity contribution in [1.29, 1.82) is 0 Å². The van der Waals surface area contributed by atoms with E-state index in [1.54, 1.807) is 6.08 Å². The van der Waals surface area contributed by atoms with Gasteiger partial charge in [-0.05, 0) is 19.3 Å². The molecular weight excluding hydrogens is 1480 g/mol. The normalized spacial score (nSPS) is 37.2. The maximum absolute atomic E-state index is 13.5. The molecule has 0 aromatic carbocycles. The standard InChI is InChI=1S/C76H137N3O33/c1-5-7-9-11-13-15-17-19-20-22-24-26-28-30-32-34-52(88)79-44(45(87)33-31-29-27-25-23-21-18-16-14-12-10-8-6-2)40-101-73-64(98)61(95)68(49(38-83)106-73)110-75-65(99)62(96)69(50(39-84)107-75)111-76-66(100)70(57(91)47(36-81)104-76)112-72-53(77-42(3)85)58(92)56(90)51(108-72)41-102-71-54(78-43(4)86)59(93)67(48(37-82)105-71)109-74-63(97)60(94)55(89)46(35-80)103-74/h31,33,44-51,53-76,80-84,87,89-100H,5-30,32,34-41H2,1-4H3,(H,77,85)(H,78,86)(H,79,88)/b33-31+/t44-,45+,46?,47?,48?,49?,50?,51?,53?,54?,55-,56-,57-,58+,59+,60-,61+,62+,63?,64?,65?,66?,67+,68+,69-,70-,71+,72-,73+,74-,75-,76-/m0/s1. The van der Waals surface area contributed by atoms with Crippen LogP contribution in [0, 0.1) is 0 Å². The lowest BCUT2D eigenvalue weighted by molar-refractivity contribution is -0.387. The number of nitrogens with one attached hydrogen (secondary N) is 3. The van der Waals surface area contributed by atoms with Gasteiger partial charge in [-0.2, -0.15) is 0 Å². The molecule has 0 bridgehead atoms. The molecule has 0 radical (unpaired) electrons. The van der Waals surface area contributed by atoms with Gasteiger partial charge < -0.3 is 165 Å². The SMILES string of the molecule is CCCCCCCCCCCCC/C=C/[C@@H](O)[C@H](CO[C@@H]1OC(CO)[C@@H](O[C@@H]2OC(CO)[C@H](O[C@@H]3OC(CO)[C@H](O)[C@H](O[C@@H]4OC(CO[C@@H]5OC(CO)[C@@H](O[C@@H]6OC(CO)[C@H](O)[C@H](O)C6O)[C@H](O)C5NC(C)=O)[C@H](O)[C@H](O)C4NC(C)=O)C3O)[C@H](O)C2O)[C@H](O)C1O)NC(=O)CCCCCCCCCCCCCCCCC. The van der Waals surface area contributed by atoms with Gasteiger partial charge in [-0.1, -0.05) is 180 Å². The van der Waals surface area contributed by atoms with Crippen molar-refractivity contribution in [3.63, 3.8) is 0 Å². The van der Waals surface area contributed by atoms with Gasteiger partial charge in [-0.25, -0.2) is 0 Å². The highest BCUT2D eigenvalue weighted by atomic mass is 16.8. The van der Waals surface area contributed by atoms with Gasteiger partial charge in [0.25, 0.3) is 0 Å². The van der Waals surface area contributed by atoms with E-state index in [1.165, 1.54) is 109 Å². The molecule has 6 heterocycles. The van der Waals surface area contributed by atoms with Crippen LogP contribution >= 0.6 is 0 Å². The zero-order chi connectivity index (χ0) is 82.0. The summed E-state index contributed by atoms with van der Waals surface area (Å²) < 4.78 is 70.4. The first-order chi connectivity index (χ1) is 53.8. The fourth-order valence-electron chi connectivity index (χ4n) is 15.0. The van der Waals surface area contributed by atoms with Crippen LogP contribution in [-0.2, 0) is 71.2 Å². The summed E-state index contributed by atoms with van der Waals surface area (Å²) in [4.78, 5) is 38.7. The van der Waals surface area contributed by atoms with Gasteiger partial charge in [0.2, 0.25) is 17.7 Å². The fourth-order valence-corrected chi connectivity index (χ4v) is 15.0. The third-order valence-corrected chi connectivity index (χ3v) is 21.7. The zero-order valence-corrected chi connectivity index (χ0v) is 65.6. The van der Waals surface area contributed by atoms with Gasteiger partial charge in [-0.15, -0.1) is 0 Å². The lowest BCUT2D eigenvalue weighted by atomic mass is 9.94. The summed E-state index contributed by atoms with van der Waals surface area (Å²) in [5, 5.41) is 207. The van der Waals surface area contributed by atoms with E-state index in [4.69, 9.17) is 56.8 Å². The van der Waals surface area contributed by atoms with Crippen molar-refractivity contribution in [3.8, 4) is 0 Å². The van der Waals surface area contributed by atoms with Crippen molar-refractivity contribution in [2.75, 3.05) is 46.2 Å². The third-order valence-electron chi connectivity index (χ3n) is 21.7. The molecule has 21 N–H and O–H groups in total. The van der Waals surface area contributed by atoms with Crippen LogP contribution < -0.4 is 16.0 Å². The minimum Gasteiger partial charge on any atom is -0.394 e. The number of ether oxygens (including phenoxy) is 12. The zero-order valence-electron chi connectivity index (χ0n) is 65.6. The number of aliphatic hydroxyl groups excluding tert-OH is 18. The van der Waals surface area contributed by atoms with E-state index in [0.29, 0.717) is 12.8 Å². The van der Waals surface area contributed by atoms with Crippen LogP contribution in [0.2, 0.25) is 0 Å². The van der Waals surface area contributed by atoms with Crippen LogP contribution in [0.15, 0.2) is 12.2 Å². The predicted molar refractivity (Wildman–Crippen MR) is 394 cm³/mol. The van der Waals surface area contributed by atoms with Gasteiger partial charge >= 0.3 is 0 Å². The van der Waals surface area contributed by atoms with E-state index >= 15 is 0 Å². The van der Waals surface area contributed by atoms with Crippen molar-refractivity contribution < 1.29 is 163 Å². The first-order valence-electron chi connectivity index (χ1n) is 41.0. The third kappa shape index (κ3) is 29.7. The highest BCUT2D eigenvalue weighted by molar-refractivity contribution is 5.76.